The Bertz CT molecular complexity index is 481. The fraction of sp³-hybridized carbons (Fsp3) is 0.562. The molecule has 1 amide bonds. The van der Waals surface area contributed by atoms with E-state index in [9.17, 15) is 4.79 Å². The highest BCUT2D eigenvalue weighted by Gasteiger charge is 2.30. The average Bonchev–Trinajstić information content (AvgIpc) is 2.85. The SMILES string of the molecule is Cc1ccc(SOC2CCN(C(=O)OC(C)(C)C)C2)cc1. The number of aryl methyl sites for hydroxylation is 1. The molecule has 1 aliphatic rings. The fourth-order valence-corrected chi connectivity index (χ4v) is 2.67. The number of likely N-dealkylation sites (tertiary alicyclic amines) is 1. The number of hydrogen-bond donors (Lipinski definition) is 0. The van der Waals surface area contributed by atoms with E-state index in [-0.39, 0.29) is 12.2 Å². The Hall–Kier alpha value is -1.20. The number of benzene rings is 1. The molecular formula is C16H23NO3S. The van der Waals surface area contributed by atoms with Crippen LogP contribution < -0.4 is 0 Å². The van der Waals surface area contributed by atoms with Gasteiger partial charge in [0, 0.05) is 23.5 Å². The van der Waals surface area contributed by atoms with E-state index in [1.54, 1.807) is 4.90 Å². The van der Waals surface area contributed by atoms with Gasteiger partial charge in [0.15, 0.2) is 0 Å². The highest BCUT2D eigenvalue weighted by atomic mass is 32.2. The molecule has 0 bridgehead atoms. The first-order valence-electron chi connectivity index (χ1n) is 7.21. The van der Waals surface area contributed by atoms with Gasteiger partial charge in [0.2, 0.25) is 0 Å². The zero-order valence-electron chi connectivity index (χ0n) is 13.1. The molecule has 1 saturated heterocycles. The summed E-state index contributed by atoms with van der Waals surface area (Å²) in [6.45, 7) is 8.97. The minimum atomic E-state index is -0.452. The van der Waals surface area contributed by atoms with Crippen molar-refractivity contribution < 1.29 is 13.7 Å². The van der Waals surface area contributed by atoms with Gasteiger partial charge in [-0.25, -0.2) is 4.79 Å². The standard InChI is InChI=1S/C16H23NO3S/c1-12-5-7-14(8-6-12)21-20-13-9-10-17(11-13)15(18)19-16(2,3)4/h5-8,13H,9-11H2,1-4H3. The monoisotopic (exact) mass is 309 g/mol. The first-order valence-corrected chi connectivity index (χ1v) is 7.95. The summed E-state index contributed by atoms with van der Waals surface area (Å²) in [5.41, 5.74) is 0.781. The van der Waals surface area contributed by atoms with Gasteiger partial charge < -0.3 is 13.8 Å². The van der Waals surface area contributed by atoms with Gasteiger partial charge in [0.25, 0.3) is 0 Å². The van der Waals surface area contributed by atoms with E-state index in [1.165, 1.54) is 17.6 Å². The average molecular weight is 309 g/mol. The quantitative estimate of drug-likeness (QED) is 0.790. The second-order valence-corrected chi connectivity index (χ2v) is 7.16. The predicted molar refractivity (Wildman–Crippen MR) is 84.3 cm³/mol. The van der Waals surface area contributed by atoms with E-state index < -0.39 is 5.60 Å². The van der Waals surface area contributed by atoms with E-state index in [4.69, 9.17) is 8.92 Å². The Balaban J connectivity index is 1.77. The summed E-state index contributed by atoms with van der Waals surface area (Å²) < 4.78 is 11.2. The van der Waals surface area contributed by atoms with Crippen molar-refractivity contribution in [3.63, 3.8) is 0 Å². The second kappa shape index (κ2) is 6.71. The van der Waals surface area contributed by atoms with Crippen LogP contribution in [-0.2, 0) is 8.92 Å². The van der Waals surface area contributed by atoms with Gasteiger partial charge in [-0.2, -0.15) is 0 Å². The summed E-state index contributed by atoms with van der Waals surface area (Å²) in [5.74, 6) is 0. The topological polar surface area (TPSA) is 38.8 Å². The molecule has 0 aromatic heterocycles. The van der Waals surface area contributed by atoms with Crippen LogP contribution in [-0.4, -0.2) is 35.8 Å². The maximum Gasteiger partial charge on any atom is 0.410 e. The molecule has 1 fully saturated rings. The van der Waals surface area contributed by atoms with Crippen molar-refractivity contribution in [3.8, 4) is 0 Å². The highest BCUT2D eigenvalue weighted by molar-refractivity contribution is 7.94. The van der Waals surface area contributed by atoms with Crippen LogP contribution in [0.1, 0.15) is 32.8 Å². The first kappa shape index (κ1) is 16.2. The molecule has 1 aromatic rings. The Labute approximate surface area is 131 Å². The second-order valence-electron chi connectivity index (χ2n) is 6.33. The molecule has 2 rings (SSSR count). The molecule has 5 heteroatoms. The molecule has 1 aliphatic heterocycles. The van der Waals surface area contributed by atoms with Gasteiger partial charge >= 0.3 is 6.09 Å². The molecule has 116 valence electrons. The minimum absolute atomic E-state index is 0.0591. The van der Waals surface area contributed by atoms with E-state index in [1.807, 2.05) is 32.9 Å². The molecule has 1 atom stereocenters. The lowest BCUT2D eigenvalue weighted by Crippen LogP contribution is -2.35. The van der Waals surface area contributed by atoms with E-state index >= 15 is 0 Å². The number of amides is 1. The van der Waals surface area contributed by atoms with Crippen molar-refractivity contribution in [1.82, 2.24) is 4.90 Å². The van der Waals surface area contributed by atoms with Crippen molar-refractivity contribution in [3.05, 3.63) is 29.8 Å². The molecule has 0 spiro atoms. The molecule has 1 aromatic carbocycles. The maximum atomic E-state index is 12.0. The number of carbonyl (C=O) groups excluding carboxylic acids is 1. The minimum Gasteiger partial charge on any atom is -0.444 e. The zero-order chi connectivity index (χ0) is 15.5. The molecule has 0 radical (unpaired) electrons. The summed E-state index contributed by atoms with van der Waals surface area (Å²) >= 11 is 1.37. The van der Waals surface area contributed by atoms with Gasteiger partial charge in [-0.1, -0.05) is 17.7 Å². The lowest BCUT2D eigenvalue weighted by atomic mass is 10.2. The molecule has 1 heterocycles. The molecule has 0 aliphatic carbocycles. The first-order chi connectivity index (χ1) is 9.83. The predicted octanol–water partition coefficient (Wildman–Crippen LogP) is 4.03. The third kappa shape index (κ3) is 5.25. The summed E-state index contributed by atoms with van der Waals surface area (Å²) in [6.07, 6.45) is 0.649. The van der Waals surface area contributed by atoms with Gasteiger partial charge in [-0.15, -0.1) is 0 Å². The van der Waals surface area contributed by atoms with Gasteiger partial charge in [-0.05, 0) is 46.2 Å². The number of nitrogens with zero attached hydrogens (tertiary/aromatic N) is 1. The number of ether oxygens (including phenoxy) is 1. The van der Waals surface area contributed by atoms with E-state index in [0.717, 1.165) is 11.3 Å². The van der Waals surface area contributed by atoms with Crippen LogP contribution in [0.4, 0.5) is 4.79 Å². The van der Waals surface area contributed by atoms with Crippen molar-refractivity contribution >= 4 is 18.1 Å². The van der Waals surface area contributed by atoms with Crippen LogP contribution in [0.2, 0.25) is 0 Å². The lowest BCUT2D eigenvalue weighted by Gasteiger charge is -2.24. The van der Waals surface area contributed by atoms with Gasteiger partial charge in [0.1, 0.15) is 5.60 Å². The number of carbonyl (C=O) groups is 1. The Morgan fingerprint density at radius 2 is 1.95 bits per heavy atom. The highest BCUT2D eigenvalue weighted by Crippen LogP contribution is 2.25. The third-order valence-electron chi connectivity index (χ3n) is 3.10. The lowest BCUT2D eigenvalue weighted by molar-refractivity contribution is 0.0279. The third-order valence-corrected chi connectivity index (χ3v) is 3.93. The largest absolute Gasteiger partial charge is 0.444 e. The summed E-state index contributed by atoms with van der Waals surface area (Å²) in [6, 6.07) is 8.21. The summed E-state index contributed by atoms with van der Waals surface area (Å²) in [5, 5.41) is 0. The van der Waals surface area contributed by atoms with Crippen LogP contribution in [0.25, 0.3) is 0 Å². The molecule has 0 saturated carbocycles. The smallest absolute Gasteiger partial charge is 0.410 e. The maximum absolute atomic E-state index is 12.0. The Morgan fingerprint density at radius 1 is 1.29 bits per heavy atom. The van der Waals surface area contributed by atoms with Crippen LogP contribution in [0.5, 0.6) is 0 Å². The van der Waals surface area contributed by atoms with Crippen LogP contribution in [0.3, 0.4) is 0 Å². The summed E-state index contributed by atoms with van der Waals surface area (Å²) in [4.78, 5) is 14.8. The zero-order valence-corrected chi connectivity index (χ0v) is 13.9. The molecule has 21 heavy (non-hydrogen) atoms. The molecular weight excluding hydrogens is 286 g/mol. The van der Waals surface area contributed by atoms with Crippen LogP contribution in [0, 0.1) is 6.92 Å². The van der Waals surface area contributed by atoms with Crippen LogP contribution in [0.15, 0.2) is 29.2 Å². The van der Waals surface area contributed by atoms with Gasteiger partial charge in [-0.3, -0.25) is 0 Å². The van der Waals surface area contributed by atoms with Crippen molar-refractivity contribution in [2.45, 2.75) is 50.7 Å². The fourth-order valence-electron chi connectivity index (χ4n) is 2.02. The normalized spacial score (nSPS) is 18.9. The van der Waals surface area contributed by atoms with E-state index in [0.29, 0.717) is 13.1 Å². The van der Waals surface area contributed by atoms with Crippen LogP contribution >= 0.6 is 12.0 Å². The molecule has 4 nitrogen and oxygen atoms in total. The van der Waals surface area contributed by atoms with Crippen molar-refractivity contribution in [2.24, 2.45) is 0 Å². The Morgan fingerprint density at radius 3 is 2.57 bits per heavy atom. The van der Waals surface area contributed by atoms with Crippen molar-refractivity contribution in [2.75, 3.05) is 13.1 Å². The molecule has 0 N–H and O–H groups in total. The van der Waals surface area contributed by atoms with E-state index in [2.05, 4.69) is 19.1 Å². The molecule has 1 unspecified atom stereocenters. The Kier molecular flexibility index (Phi) is 5.17. The van der Waals surface area contributed by atoms with Crippen molar-refractivity contribution in [1.29, 1.82) is 0 Å². The summed E-state index contributed by atoms with van der Waals surface area (Å²) in [7, 11) is 0. The number of rotatable bonds is 3. The van der Waals surface area contributed by atoms with Gasteiger partial charge in [0.05, 0.1) is 12.6 Å². The number of hydrogen-bond acceptors (Lipinski definition) is 4.